The van der Waals surface area contributed by atoms with Gasteiger partial charge in [0.1, 0.15) is 10.7 Å². The van der Waals surface area contributed by atoms with Gasteiger partial charge in [-0.25, -0.2) is 24.0 Å². The zero-order valence-electron chi connectivity index (χ0n) is 8.68. The van der Waals surface area contributed by atoms with Crippen molar-refractivity contribution in [2.24, 2.45) is 5.84 Å². The van der Waals surface area contributed by atoms with E-state index in [9.17, 15) is 8.42 Å². The van der Waals surface area contributed by atoms with Crippen LogP contribution < -0.4 is 16.0 Å². The van der Waals surface area contributed by atoms with Crippen LogP contribution in [-0.4, -0.2) is 19.4 Å². The summed E-state index contributed by atoms with van der Waals surface area (Å²) in [6.07, 6.45) is 4.20. The maximum Gasteiger partial charge on any atom is 0.242 e. The lowest BCUT2D eigenvalue weighted by atomic mass is 9.94. The van der Waals surface area contributed by atoms with Crippen molar-refractivity contribution >= 4 is 15.8 Å². The number of pyridine rings is 1. The molecule has 0 atom stereocenters. The third-order valence-electron chi connectivity index (χ3n) is 2.62. The van der Waals surface area contributed by atoms with Crippen molar-refractivity contribution in [3.8, 4) is 0 Å². The molecule has 0 saturated heterocycles. The molecule has 1 aromatic heterocycles. The number of aromatic nitrogens is 1. The molecule has 0 aliphatic heterocycles. The van der Waals surface area contributed by atoms with Gasteiger partial charge in [-0.3, -0.25) is 0 Å². The van der Waals surface area contributed by atoms with Crippen LogP contribution in [0, 0.1) is 0 Å². The van der Waals surface area contributed by atoms with Crippen molar-refractivity contribution in [2.75, 3.05) is 5.43 Å². The molecule has 0 amide bonds. The largest absolute Gasteiger partial charge is 0.308 e. The van der Waals surface area contributed by atoms with Gasteiger partial charge < -0.3 is 5.43 Å². The lowest BCUT2D eigenvalue weighted by Crippen LogP contribution is -2.39. The number of hydrogen-bond donors (Lipinski definition) is 3. The molecular formula is C9H14N4O2S. The quantitative estimate of drug-likeness (QED) is 0.517. The normalized spacial score (nSPS) is 16.8. The fraction of sp³-hybridized carbons (Fsp3) is 0.444. The van der Waals surface area contributed by atoms with Crippen LogP contribution in [0.5, 0.6) is 0 Å². The van der Waals surface area contributed by atoms with Gasteiger partial charge in [0.2, 0.25) is 10.0 Å². The molecule has 0 spiro atoms. The standard InChI is InChI=1S/C9H14N4O2S/c10-12-9-5-4-8(6-11-9)16(14,15)13-7-2-1-3-7/h4-7,13H,1-3,10H2,(H,11,12). The van der Waals surface area contributed by atoms with Crippen LogP contribution in [0.1, 0.15) is 19.3 Å². The van der Waals surface area contributed by atoms with Crippen molar-refractivity contribution < 1.29 is 8.42 Å². The molecule has 1 heterocycles. The number of anilines is 1. The molecule has 88 valence electrons. The topological polar surface area (TPSA) is 97.1 Å². The summed E-state index contributed by atoms with van der Waals surface area (Å²) < 4.78 is 26.3. The van der Waals surface area contributed by atoms with E-state index in [-0.39, 0.29) is 10.9 Å². The molecule has 2 rings (SSSR count). The molecule has 6 nitrogen and oxygen atoms in total. The van der Waals surface area contributed by atoms with Gasteiger partial charge in [0.15, 0.2) is 0 Å². The predicted molar refractivity (Wildman–Crippen MR) is 60.0 cm³/mol. The summed E-state index contributed by atoms with van der Waals surface area (Å²) in [7, 11) is -3.43. The Balaban J connectivity index is 2.14. The number of nitrogens with one attached hydrogen (secondary N) is 2. The first-order valence-corrected chi connectivity index (χ1v) is 6.55. The third-order valence-corrected chi connectivity index (χ3v) is 4.13. The summed E-state index contributed by atoms with van der Waals surface area (Å²) in [6, 6.07) is 3.08. The van der Waals surface area contributed by atoms with Crippen LogP contribution in [0.25, 0.3) is 0 Å². The van der Waals surface area contributed by atoms with E-state index in [1.165, 1.54) is 18.3 Å². The number of hydrogen-bond acceptors (Lipinski definition) is 5. The highest BCUT2D eigenvalue weighted by Gasteiger charge is 2.24. The molecule has 0 aromatic carbocycles. The predicted octanol–water partition coefficient (Wildman–Crippen LogP) is 0.198. The Labute approximate surface area is 94.3 Å². The molecular weight excluding hydrogens is 228 g/mol. The number of hydrazine groups is 1. The highest BCUT2D eigenvalue weighted by molar-refractivity contribution is 7.89. The lowest BCUT2D eigenvalue weighted by molar-refractivity contribution is 0.383. The highest BCUT2D eigenvalue weighted by atomic mass is 32.2. The van der Waals surface area contributed by atoms with E-state index in [1.54, 1.807) is 0 Å². The molecule has 0 unspecified atom stereocenters. The van der Waals surface area contributed by atoms with Crippen LogP contribution in [0.2, 0.25) is 0 Å². The van der Waals surface area contributed by atoms with Crippen molar-refractivity contribution in [1.29, 1.82) is 0 Å². The maximum absolute atomic E-state index is 11.8. The van der Waals surface area contributed by atoms with E-state index in [1.807, 2.05) is 0 Å². The number of sulfonamides is 1. The van der Waals surface area contributed by atoms with Gasteiger partial charge in [-0.1, -0.05) is 6.42 Å². The summed E-state index contributed by atoms with van der Waals surface area (Å²) in [4.78, 5) is 4.02. The van der Waals surface area contributed by atoms with Crippen LogP contribution in [0.15, 0.2) is 23.2 Å². The van der Waals surface area contributed by atoms with E-state index in [2.05, 4.69) is 15.1 Å². The Bertz CT molecular complexity index is 453. The van der Waals surface area contributed by atoms with Gasteiger partial charge in [-0.05, 0) is 25.0 Å². The van der Waals surface area contributed by atoms with E-state index in [4.69, 9.17) is 5.84 Å². The molecule has 0 radical (unpaired) electrons. The number of nitrogen functional groups attached to an aromatic ring is 1. The van der Waals surface area contributed by atoms with Gasteiger partial charge in [-0.2, -0.15) is 0 Å². The fourth-order valence-electron chi connectivity index (χ4n) is 1.44. The Morgan fingerprint density at radius 1 is 1.38 bits per heavy atom. The van der Waals surface area contributed by atoms with Crippen LogP contribution in [0.3, 0.4) is 0 Å². The molecule has 1 aliphatic carbocycles. The number of nitrogens with zero attached hydrogens (tertiary/aromatic N) is 1. The summed E-state index contributed by atoms with van der Waals surface area (Å²) in [5, 5.41) is 0. The fourth-order valence-corrected chi connectivity index (χ4v) is 2.69. The molecule has 7 heteroatoms. The molecule has 1 saturated carbocycles. The van der Waals surface area contributed by atoms with E-state index in [0.29, 0.717) is 5.82 Å². The van der Waals surface area contributed by atoms with E-state index in [0.717, 1.165) is 19.3 Å². The van der Waals surface area contributed by atoms with Gasteiger partial charge in [-0.15, -0.1) is 0 Å². The summed E-state index contributed by atoms with van der Waals surface area (Å²) >= 11 is 0. The maximum atomic E-state index is 11.8. The van der Waals surface area contributed by atoms with Crippen LogP contribution in [-0.2, 0) is 10.0 Å². The Hall–Kier alpha value is -1.18. The first-order chi connectivity index (χ1) is 7.62. The summed E-state index contributed by atoms with van der Waals surface area (Å²) in [5.41, 5.74) is 2.34. The molecule has 16 heavy (non-hydrogen) atoms. The second-order valence-corrected chi connectivity index (χ2v) is 5.49. The molecule has 1 aromatic rings. The third kappa shape index (κ3) is 2.31. The van der Waals surface area contributed by atoms with Crippen molar-refractivity contribution in [1.82, 2.24) is 9.71 Å². The minimum absolute atomic E-state index is 0.0808. The first-order valence-electron chi connectivity index (χ1n) is 5.07. The van der Waals surface area contributed by atoms with Gasteiger partial charge in [0.05, 0.1) is 0 Å². The molecule has 1 aliphatic rings. The second-order valence-electron chi connectivity index (χ2n) is 3.77. The van der Waals surface area contributed by atoms with Crippen molar-refractivity contribution in [3.05, 3.63) is 18.3 Å². The van der Waals surface area contributed by atoms with E-state index >= 15 is 0 Å². The number of nitrogens with two attached hydrogens (primary N) is 1. The van der Waals surface area contributed by atoms with E-state index < -0.39 is 10.0 Å². The average molecular weight is 242 g/mol. The van der Waals surface area contributed by atoms with Gasteiger partial charge in [0.25, 0.3) is 0 Å². The van der Waals surface area contributed by atoms with Gasteiger partial charge >= 0.3 is 0 Å². The van der Waals surface area contributed by atoms with Gasteiger partial charge in [0, 0.05) is 12.2 Å². The summed E-state index contributed by atoms with van der Waals surface area (Å²) in [5.74, 6) is 5.58. The molecule has 1 fully saturated rings. The Kier molecular flexibility index (Phi) is 3.08. The molecule has 0 bridgehead atoms. The Morgan fingerprint density at radius 2 is 2.12 bits per heavy atom. The van der Waals surface area contributed by atoms with Crippen molar-refractivity contribution in [2.45, 2.75) is 30.2 Å². The SMILES string of the molecule is NNc1ccc(S(=O)(=O)NC2CCC2)cn1. The minimum Gasteiger partial charge on any atom is -0.308 e. The monoisotopic (exact) mass is 242 g/mol. The van der Waals surface area contributed by atoms with Crippen molar-refractivity contribution in [3.63, 3.8) is 0 Å². The zero-order chi connectivity index (χ0) is 11.6. The highest BCUT2D eigenvalue weighted by Crippen LogP contribution is 2.21. The lowest BCUT2D eigenvalue weighted by Gasteiger charge is -2.25. The summed E-state index contributed by atoms with van der Waals surface area (Å²) in [6.45, 7) is 0. The Morgan fingerprint density at radius 3 is 2.56 bits per heavy atom. The number of rotatable bonds is 4. The average Bonchev–Trinajstić information content (AvgIpc) is 2.24. The second kappa shape index (κ2) is 4.36. The van der Waals surface area contributed by atoms with Crippen LogP contribution in [0.4, 0.5) is 5.82 Å². The first kappa shape index (κ1) is 11.3. The minimum atomic E-state index is -3.43. The zero-order valence-corrected chi connectivity index (χ0v) is 9.50. The van der Waals surface area contributed by atoms with Crippen LogP contribution >= 0.6 is 0 Å². The smallest absolute Gasteiger partial charge is 0.242 e. The molecule has 4 N–H and O–H groups in total.